The Morgan fingerprint density at radius 1 is 1.40 bits per heavy atom. The summed E-state index contributed by atoms with van der Waals surface area (Å²) in [5, 5.41) is 0. The highest BCUT2D eigenvalue weighted by atomic mass is 16.5. The number of pyridine rings is 1. The summed E-state index contributed by atoms with van der Waals surface area (Å²) in [4.78, 5) is 17.8. The van der Waals surface area contributed by atoms with Gasteiger partial charge in [-0.05, 0) is 0 Å². The summed E-state index contributed by atoms with van der Waals surface area (Å²) in [6.45, 7) is 2.61. The number of aromatic nitrogens is 1. The van der Waals surface area contributed by atoms with E-state index in [0.29, 0.717) is 31.9 Å². The van der Waals surface area contributed by atoms with Crippen LogP contribution in [0.15, 0.2) is 18.5 Å². The summed E-state index contributed by atoms with van der Waals surface area (Å²) in [6, 6.07) is 1.87. The quantitative estimate of drug-likeness (QED) is 0.540. The number of hydrogen-bond donors (Lipinski definition) is 0. The van der Waals surface area contributed by atoms with Gasteiger partial charge in [0.1, 0.15) is 7.85 Å². The van der Waals surface area contributed by atoms with E-state index in [9.17, 15) is 4.79 Å². The van der Waals surface area contributed by atoms with Crippen LogP contribution in [0.4, 0.5) is 0 Å². The molecule has 0 aliphatic carbocycles. The first kappa shape index (κ1) is 10.2. The van der Waals surface area contributed by atoms with Crippen LogP contribution in [0.3, 0.4) is 0 Å². The van der Waals surface area contributed by atoms with E-state index in [-0.39, 0.29) is 5.91 Å². The maximum absolute atomic E-state index is 12.0. The second-order valence-corrected chi connectivity index (χ2v) is 3.66. The van der Waals surface area contributed by atoms with E-state index in [1.165, 1.54) is 0 Å². The minimum Gasteiger partial charge on any atom is -0.378 e. The van der Waals surface area contributed by atoms with Crippen molar-refractivity contribution in [2.45, 2.75) is 0 Å². The van der Waals surface area contributed by atoms with Crippen molar-refractivity contribution in [3.63, 3.8) is 0 Å². The Hall–Kier alpha value is -1.36. The molecule has 0 atom stereocenters. The number of hydrogen-bond acceptors (Lipinski definition) is 3. The van der Waals surface area contributed by atoms with Crippen molar-refractivity contribution < 1.29 is 9.53 Å². The molecule has 5 heteroatoms. The van der Waals surface area contributed by atoms with Crippen LogP contribution in [0.2, 0.25) is 0 Å². The fraction of sp³-hybridized carbons (Fsp3) is 0.400. The van der Waals surface area contributed by atoms with Gasteiger partial charge in [-0.2, -0.15) is 0 Å². The van der Waals surface area contributed by atoms with Crippen LogP contribution >= 0.6 is 0 Å². The summed E-state index contributed by atoms with van der Waals surface area (Å²) in [7, 11) is 1.93. The molecule has 1 aliphatic heterocycles. The van der Waals surface area contributed by atoms with Crippen LogP contribution in [0.25, 0.3) is 0 Å². The number of amides is 1. The number of carbonyl (C=O) groups excluding carboxylic acids is 1. The van der Waals surface area contributed by atoms with Crippen molar-refractivity contribution in [3.05, 3.63) is 24.0 Å². The molecule has 0 radical (unpaired) electrons. The molecule has 0 bridgehead atoms. The summed E-state index contributed by atoms with van der Waals surface area (Å²) >= 11 is 0. The van der Waals surface area contributed by atoms with Gasteiger partial charge in [-0.15, -0.1) is 0 Å². The van der Waals surface area contributed by atoms with Gasteiger partial charge < -0.3 is 9.64 Å². The van der Waals surface area contributed by atoms with Crippen LogP contribution in [-0.2, 0) is 4.74 Å². The van der Waals surface area contributed by atoms with E-state index in [4.69, 9.17) is 4.74 Å². The Morgan fingerprint density at radius 2 is 2.13 bits per heavy atom. The topological polar surface area (TPSA) is 42.4 Å². The van der Waals surface area contributed by atoms with Gasteiger partial charge in [0.05, 0.1) is 18.8 Å². The minimum atomic E-state index is 0.0505. The van der Waals surface area contributed by atoms with Gasteiger partial charge in [0, 0.05) is 25.5 Å². The Bertz CT molecular complexity index is 364. The van der Waals surface area contributed by atoms with Gasteiger partial charge in [-0.1, -0.05) is 11.5 Å². The Balaban J connectivity index is 2.12. The number of nitrogens with zero attached hydrogens (tertiary/aromatic N) is 2. The normalized spacial score (nSPS) is 16.4. The maximum Gasteiger partial charge on any atom is 0.255 e. The van der Waals surface area contributed by atoms with Crippen molar-refractivity contribution in [1.82, 2.24) is 9.88 Å². The van der Waals surface area contributed by atoms with Crippen LogP contribution in [-0.4, -0.2) is 49.9 Å². The second kappa shape index (κ2) is 4.44. The van der Waals surface area contributed by atoms with Crippen LogP contribution in [0.1, 0.15) is 10.4 Å². The SMILES string of the molecule is Bc1cncc(C(=O)N2CCOCC2)c1. The molecule has 1 saturated heterocycles. The first-order valence-electron chi connectivity index (χ1n) is 5.06. The molecular weight excluding hydrogens is 191 g/mol. The van der Waals surface area contributed by atoms with Crippen LogP contribution < -0.4 is 5.46 Å². The largest absolute Gasteiger partial charge is 0.378 e. The number of ether oxygens (including phenoxy) is 1. The van der Waals surface area contributed by atoms with Crippen molar-refractivity contribution >= 4 is 19.2 Å². The van der Waals surface area contributed by atoms with Crippen molar-refractivity contribution in [1.29, 1.82) is 0 Å². The molecule has 1 amide bonds. The van der Waals surface area contributed by atoms with Gasteiger partial charge in [-0.25, -0.2) is 0 Å². The molecule has 15 heavy (non-hydrogen) atoms. The monoisotopic (exact) mass is 204 g/mol. The van der Waals surface area contributed by atoms with Crippen LogP contribution in [0.5, 0.6) is 0 Å². The maximum atomic E-state index is 12.0. The van der Waals surface area contributed by atoms with E-state index >= 15 is 0 Å². The molecule has 1 aromatic rings. The lowest BCUT2D eigenvalue weighted by atomic mass is 9.97. The van der Waals surface area contributed by atoms with E-state index in [1.54, 1.807) is 17.3 Å². The third-order valence-electron chi connectivity index (χ3n) is 2.42. The van der Waals surface area contributed by atoms with E-state index < -0.39 is 0 Å². The predicted molar refractivity (Wildman–Crippen MR) is 59.1 cm³/mol. The Kier molecular flexibility index (Phi) is 3.01. The Labute approximate surface area is 89.7 Å². The predicted octanol–water partition coefficient (Wildman–Crippen LogP) is -1.19. The molecule has 1 aliphatic rings. The number of rotatable bonds is 1. The zero-order chi connectivity index (χ0) is 10.7. The zero-order valence-electron chi connectivity index (χ0n) is 8.77. The lowest BCUT2D eigenvalue weighted by Crippen LogP contribution is -2.40. The van der Waals surface area contributed by atoms with Gasteiger partial charge in [0.15, 0.2) is 0 Å². The highest BCUT2D eigenvalue weighted by Crippen LogP contribution is 2.04. The molecule has 4 nitrogen and oxygen atoms in total. The number of carbonyl (C=O) groups is 1. The average Bonchev–Trinajstić information content (AvgIpc) is 2.29. The van der Waals surface area contributed by atoms with Gasteiger partial charge in [-0.3, -0.25) is 9.78 Å². The van der Waals surface area contributed by atoms with Gasteiger partial charge >= 0.3 is 0 Å². The third-order valence-corrected chi connectivity index (χ3v) is 2.42. The molecule has 2 heterocycles. The van der Waals surface area contributed by atoms with E-state index in [2.05, 4.69) is 4.98 Å². The standard InChI is InChI=1S/C10H13BN2O2/c11-9-5-8(6-12-7-9)10(14)13-1-3-15-4-2-13/h5-7H,1-4,11H2. The first-order chi connectivity index (χ1) is 7.27. The summed E-state index contributed by atoms with van der Waals surface area (Å²) in [5.74, 6) is 0.0505. The highest BCUT2D eigenvalue weighted by Gasteiger charge is 2.18. The molecule has 0 saturated carbocycles. The molecule has 0 aromatic carbocycles. The lowest BCUT2D eigenvalue weighted by Gasteiger charge is -2.26. The van der Waals surface area contributed by atoms with Crippen molar-refractivity contribution in [3.8, 4) is 0 Å². The molecule has 1 fully saturated rings. The molecule has 2 rings (SSSR count). The smallest absolute Gasteiger partial charge is 0.255 e. The first-order valence-corrected chi connectivity index (χ1v) is 5.06. The fourth-order valence-electron chi connectivity index (χ4n) is 1.62. The molecule has 0 N–H and O–H groups in total. The summed E-state index contributed by atoms with van der Waals surface area (Å²) in [6.07, 6.45) is 3.36. The lowest BCUT2D eigenvalue weighted by molar-refractivity contribution is 0.0302. The number of morpholine rings is 1. The van der Waals surface area contributed by atoms with Gasteiger partial charge in [0.25, 0.3) is 5.91 Å². The van der Waals surface area contributed by atoms with Crippen molar-refractivity contribution in [2.75, 3.05) is 26.3 Å². The van der Waals surface area contributed by atoms with Crippen LogP contribution in [0, 0.1) is 0 Å². The average molecular weight is 204 g/mol. The minimum absolute atomic E-state index is 0.0505. The van der Waals surface area contributed by atoms with E-state index in [1.807, 2.05) is 13.9 Å². The molecule has 78 valence electrons. The van der Waals surface area contributed by atoms with Gasteiger partial charge in [0.2, 0.25) is 0 Å². The molecule has 0 spiro atoms. The highest BCUT2D eigenvalue weighted by molar-refractivity contribution is 6.32. The molecular formula is C10H13BN2O2. The molecule has 1 aromatic heterocycles. The fourth-order valence-corrected chi connectivity index (χ4v) is 1.62. The van der Waals surface area contributed by atoms with Crippen molar-refractivity contribution in [2.24, 2.45) is 0 Å². The molecule has 0 unspecified atom stereocenters. The van der Waals surface area contributed by atoms with E-state index in [0.717, 1.165) is 5.46 Å². The summed E-state index contributed by atoms with van der Waals surface area (Å²) in [5.41, 5.74) is 1.67. The third kappa shape index (κ3) is 2.36. The summed E-state index contributed by atoms with van der Waals surface area (Å²) < 4.78 is 5.20. The zero-order valence-corrected chi connectivity index (χ0v) is 8.77. The Morgan fingerprint density at radius 3 is 2.80 bits per heavy atom. The second-order valence-electron chi connectivity index (χ2n) is 3.66.